The summed E-state index contributed by atoms with van der Waals surface area (Å²) in [5.74, 6) is -0.497. The fourth-order valence-electron chi connectivity index (χ4n) is 2.54. The number of carbonyl (C=O) groups excluding carboxylic acids is 1. The summed E-state index contributed by atoms with van der Waals surface area (Å²) in [5, 5.41) is 19.8. The number of hydrogen-bond acceptors (Lipinski definition) is 6. The minimum absolute atomic E-state index is 0.254. The van der Waals surface area contributed by atoms with Crippen LogP contribution in [0.1, 0.15) is 20.3 Å². The van der Waals surface area contributed by atoms with Crippen molar-refractivity contribution in [2.45, 2.75) is 56.9 Å². The number of hydrogen-bond donors (Lipinski definition) is 2. The highest BCUT2D eigenvalue weighted by Crippen LogP contribution is 2.36. The van der Waals surface area contributed by atoms with E-state index in [1.165, 1.54) is 6.92 Å². The summed E-state index contributed by atoms with van der Waals surface area (Å²) in [6.45, 7) is 3.63. The molecule has 2 bridgehead atoms. The highest BCUT2D eigenvalue weighted by Gasteiger charge is 2.54. The lowest BCUT2D eigenvalue weighted by Crippen LogP contribution is -2.55. The summed E-state index contributed by atoms with van der Waals surface area (Å²) in [6.07, 6.45) is -3.70. The van der Waals surface area contributed by atoms with Gasteiger partial charge in [0, 0.05) is 20.0 Å². The molecule has 0 radical (unpaired) electrons. The van der Waals surface area contributed by atoms with Gasteiger partial charge in [0.25, 0.3) is 0 Å². The Morgan fingerprint density at radius 1 is 1.41 bits per heavy atom. The maximum absolute atomic E-state index is 10.9. The van der Waals surface area contributed by atoms with E-state index in [1.807, 2.05) is 6.92 Å². The molecule has 2 aliphatic heterocycles. The Balaban J connectivity index is 2.10. The number of ether oxygens (including phenoxy) is 3. The summed E-state index contributed by atoms with van der Waals surface area (Å²) >= 11 is 0. The smallest absolute Gasteiger partial charge is 0.303 e. The van der Waals surface area contributed by atoms with Crippen molar-refractivity contribution in [3.8, 4) is 0 Å². The number of esters is 1. The minimum Gasteiger partial charge on any atom is -0.457 e. The first-order valence-electron chi connectivity index (χ1n) is 5.85. The fourth-order valence-corrected chi connectivity index (χ4v) is 2.54. The fraction of sp³-hybridized carbons (Fsp3) is 0.909. The molecule has 0 saturated carbocycles. The number of rotatable bonds is 3. The lowest BCUT2D eigenvalue weighted by atomic mass is 10.0. The SMILES string of the molecule is CCO[C@H]1C[C@@H]2O[C@H]1[C@@H](O)[C@@H](O)[C@@H]2OC(C)=O. The Bertz CT molecular complexity index is 294. The van der Waals surface area contributed by atoms with E-state index in [1.54, 1.807) is 0 Å². The molecule has 2 rings (SSSR count). The van der Waals surface area contributed by atoms with Crippen molar-refractivity contribution in [1.82, 2.24) is 0 Å². The average Bonchev–Trinajstić information content (AvgIpc) is 2.64. The van der Waals surface area contributed by atoms with Crippen LogP contribution in [-0.4, -0.2) is 59.4 Å². The van der Waals surface area contributed by atoms with Crippen LogP contribution < -0.4 is 0 Å². The normalized spacial score (nSPS) is 44.7. The van der Waals surface area contributed by atoms with Crippen molar-refractivity contribution in [2.24, 2.45) is 0 Å². The molecule has 17 heavy (non-hydrogen) atoms. The van der Waals surface area contributed by atoms with Gasteiger partial charge in [-0.1, -0.05) is 0 Å². The van der Waals surface area contributed by atoms with Crippen molar-refractivity contribution < 1.29 is 29.2 Å². The maximum Gasteiger partial charge on any atom is 0.303 e. The molecule has 2 N–H and O–H groups in total. The van der Waals surface area contributed by atoms with Crippen LogP contribution in [0.2, 0.25) is 0 Å². The predicted molar refractivity (Wildman–Crippen MR) is 56.3 cm³/mol. The van der Waals surface area contributed by atoms with Crippen LogP contribution in [0, 0.1) is 0 Å². The minimum atomic E-state index is -1.12. The number of aliphatic hydroxyl groups is 2. The summed E-state index contributed by atoms with van der Waals surface area (Å²) in [4.78, 5) is 10.9. The Labute approximate surface area is 99.5 Å². The van der Waals surface area contributed by atoms with E-state index in [-0.39, 0.29) is 6.10 Å². The van der Waals surface area contributed by atoms with Gasteiger partial charge in [-0.2, -0.15) is 0 Å². The van der Waals surface area contributed by atoms with Crippen LogP contribution in [0.25, 0.3) is 0 Å². The molecule has 2 fully saturated rings. The van der Waals surface area contributed by atoms with Crippen LogP contribution in [0.4, 0.5) is 0 Å². The molecule has 0 aromatic heterocycles. The summed E-state index contributed by atoms with van der Waals surface area (Å²) < 4.78 is 16.0. The van der Waals surface area contributed by atoms with Crippen molar-refractivity contribution in [3.63, 3.8) is 0 Å². The number of aliphatic hydroxyl groups excluding tert-OH is 2. The Hall–Kier alpha value is -0.690. The van der Waals surface area contributed by atoms with Gasteiger partial charge in [-0.15, -0.1) is 0 Å². The van der Waals surface area contributed by atoms with Gasteiger partial charge in [0.1, 0.15) is 24.4 Å². The highest BCUT2D eigenvalue weighted by atomic mass is 16.6. The second kappa shape index (κ2) is 4.89. The van der Waals surface area contributed by atoms with E-state index < -0.39 is 36.5 Å². The molecule has 0 aromatic rings. The molecule has 6 atom stereocenters. The standard InChI is InChI=1S/C11H18O6/c1-3-15-6-4-7-11(16-5(2)12)9(14)8(13)10(6)17-7/h6-11,13-14H,3-4H2,1-2H3/t6-,7-,8-,9+,10+,11+/m0/s1. The van der Waals surface area contributed by atoms with E-state index in [9.17, 15) is 15.0 Å². The second-order valence-electron chi connectivity index (χ2n) is 4.42. The van der Waals surface area contributed by atoms with E-state index in [2.05, 4.69) is 0 Å². The largest absolute Gasteiger partial charge is 0.457 e. The third-order valence-electron chi connectivity index (χ3n) is 3.24. The number of fused-ring (bicyclic) bond motifs is 2. The zero-order valence-electron chi connectivity index (χ0n) is 9.91. The average molecular weight is 246 g/mol. The van der Waals surface area contributed by atoms with Crippen LogP contribution in [-0.2, 0) is 19.0 Å². The van der Waals surface area contributed by atoms with Crippen LogP contribution >= 0.6 is 0 Å². The van der Waals surface area contributed by atoms with Crippen molar-refractivity contribution in [3.05, 3.63) is 0 Å². The lowest BCUT2D eigenvalue weighted by molar-refractivity contribution is -0.217. The Morgan fingerprint density at radius 2 is 2.12 bits per heavy atom. The van der Waals surface area contributed by atoms with Gasteiger partial charge >= 0.3 is 5.97 Å². The van der Waals surface area contributed by atoms with Gasteiger partial charge in [0.05, 0.1) is 6.10 Å². The molecular formula is C11H18O6. The van der Waals surface area contributed by atoms with E-state index >= 15 is 0 Å². The third kappa shape index (κ3) is 2.30. The van der Waals surface area contributed by atoms with Gasteiger partial charge in [0.15, 0.2) is 6.10 Å². The molecule has 0 amide bonds. The van der Waals surface area contributed by atoms with Gasteiger partial charge in [-0.25, -0.2) is 0 Å². The predicted octanol–water partition coefficient (Wildman–Crippen LogP) is -0.784. The summed E-state index contributed by atoms with van der Waals surface area (Å²) in [7, 11) is 0. The van der Waals surface area contributed by atoms with Crippen molar-refractivity contribution in [2.75, 3.05) is 6.61 Å². The van der Waals surface area contributed by atoms with Gasteiger partial charge in [-0.05, 0) is 6.92 Å². The monoisotopic (exact) mass is 246 g/mol. The van der Waals surface area contributed by atoms with Gasteiger partial charge in [0.2, 0.25) is 0 Å². The Kier molecular flexibility index (Phi) is 3.67. The highest BCUT2D eigenvalue weighted by molar-refractivity contribution is 5.66. The molecule has 2 saturated heterocycles. The molecule has 0 aromatic carbocycles. The molecule has 6 heteroatoms. The molecular weight excluding hydrogens is 228 g/mol. The second-order valence-corrected chi connectivity index (χ2v) is 4.42. The van der Waals surface area contributed by atoms with Crippen LogP contribution in [0.3, 0.4) is 0 Å². The van der Waals surface area contributed by atoms with Gasteiger partial charge < -0.3 is 24.4 Å². The van der Waals surface area contributed by atoms with Crippen LogP contribution in [0.15, 0.2) is 0 Å². The summed E-state index contributed by atoms with van der Waals surface area (Å²) in [5.41, 5.74) is 0. The van der Waals surface area contributed by atoms with E-state index in [4.69, 9.17) is 14.2 Å². The molecule has 0 aliphatic carbocycles. The maximum atomic E-state index is 10.9. The topological polar surface area (TPSA) is 85.2 Å². The zero-order valence-corrected chi connectivity index (χ0v) is 9.91. The molecule has 2 aliphatic rings. The molecule has 2 heterocycles. The van der Waals surface area contributed by atoms with Gasteiger partial charge in [-0.3, -0.25) is 4.79 Å². The molecule has 0 unspecified atom stereocenters. The van der Waals surface area contributed by atoms with Crippen LogP contribution in [0.5, 0.6) is 0 Å². The van der Waals surface area contributed by atoms with Crippen molar-refractivity contribution in [1.29, 1.82) is 0 Å². The third-order valence-corrected chi connectivity index (χ3v) is 3.24. The van der Waals surface area contributed by atoms with Crippen molar-refractivity contribution >= 4 is 5.97 Å². The Morgan fingerprint density at radius 3 is 2.71 bits per heavy atom. The van der Waals surface area contributed by atoms with E-state index in [0.29, 0.717) is 13.0 Å². The first kappa shape index (κ1) is 12.8. The first-order chi connectivity index (χ1) is 8.04. The van der Waals surface area contributed by atoms with E-state index in [0.717, 1.165) is 0 Å². The summed E-state index contributed by atoms with van der Waals surface area (Å²) in [6, 6.07) is 0. The quantitative estimate of drug-likeness (QED) is 0.635. The first-order valence-corrected chi connectivity index (χ1v) is 5.85. The molecule has 6 nitrogen and oxygen atoms in total. The number of carbonyl (C=O) groups is 1. The molecule has 0 spiro atoms. The molecule has 98 valence electrons. The lowest BCUT2D eigenvalue weighted by Gasteiger charge is -2.36. The zero-order chi connectivity index (χ0) is 12.6.